The number of rotatable bonds is 7. The largest absolute Gasteiger partial charge is 0.468 e. The standard InChI is InChI=1S/C18H15F6N5O2/c1-10-5-13(29-31-10)8-25-14-7-15(30-9-17(19,20)21)28-16(27-14)26-12-4-2-3-11(6-12)18(22,23)24/h2-7H,8-9H2,1H3,(H2,25,26,27,28). The van der Waals surface area contributed by atoms with Crippen LogP contribution in [0.2, 0.25) is 0 Å². The maximum absolute atomic E-state index is 12.9. The molecule has 0 aliphatic carbocycles. The fourth-order valence-electron chi connectivity index (χ4n) is 2.39. The minimum atomic E-state index is -4.61. The van der Waals surface area contributed by atoms with E-state index in [-0.39, 0.29) is 24.0 Å². The lowest BCUT2D eigenvalue weighted by Gasteiger charge is -2.13. The third-order valence-electron chi connectivity index (χ3n) is 3.66. The van der Waals surface area contributed by atoms with Crippen LogP contribution < -0.4 is 15.4 Å². The molecule has 0 saturated carbocycles. The second-order valence-corrected chi connectivity index (χ2v) is 6.30. The van der Waals surface area contributed by atoms with E-state index in [1.165, 1.54) is 12.1 Å². The average Bonchev–Trinajstić information content (AvgIpc) is 3.09. The molecular formula is C18H15F6N5O2. The predicted octanol–water partition coefficient (Wildman–Crippen LogP) is 5.09. The monoisotopic (exact) mass is 447 g/mol. The highest BCUT2D eigenvalue weighted by Crippen LogP contribution is 2.31. The number of halogens is 6. The summed E-state index contributed by atoms with van der Waals surface area (Å²) in [5.74, 6) is -0.0821. The Balaban J connectivity index is 1.83. The molecule has 7 nitrogen and oxygen atoms in total. The van der Waals surface area contributed by atoms with Gasteiger partial charge < -0.3 is 19.9 Å². The molecule has 0 unspecified atom stereocenters. The van der Waals surface area contributed by atoms with Crippen LogP contribution in [0, 0.1) is 6.92 Å². The molecule has 2 aromatic heterocycles. The van der Waals surface area contributed by atoms with E-state index >= 15 is 0 Å². The van der Waals surface area contributed by atoms with Crippen LogP contribution >= 0.6 is 0 Å². The fraction of sp³-hybridized carbons (Fsp3) is 0.278. The Bertz CT molecular complexity index is 1030. The van der Waals surface area contributed by atoms with E-state index in [1.54, 1.807) is 13.0 Å². The Hall–Kier alpha value is -3.51. The van der Waals surface area contributed by atoms with E-state index in [0.717, 1.165) is 18.2 Å². The van der Waals surface area contributed by atoms with Crippen molar-refractivity contribution in [2.75, 3.05) is 17.2 Å². The Morgan fingerprint density at radius 3 is 2.45 bits per heavy atom. The van der Waals surface area contributed by atoms with E-state index in [1.807, 2.05) is 0 Å². The Labute approximate surface area is 171 Å². The van der Waals surface area contributed by atoms with Crippen LogP contribution in [0.15, 0.2) is 40.9 Å². The first-order valence-corrected chi connectivity index (χ1v) is 8.67. The average molecular weight is 447 g/mol. The maximum atomic E-state index is 12.9. The number of alkyl halides is 6. The third-order valence-corrected chi connectivity index (χ3v) is 3.66. The van der Waals surface area contributed by atoms with Gasteiger partial charge in [0.1, 0.15) is 17.3 Å². The van der Waals surface area contributed by atoms with Gasteiger partial charge in [0.2, 0.25) is 11.8 Å². The zero-order valence-electron chi connectivity index (χ0n) is 15.8. The van der Waals surface area contributed by atoms with Gasteiger partial charge in [-0.1, -0.05) is 11.2 Å². The molecule has 0 fully saturated rings. The van der Waals surface area contributed by atoms with Gasteiger partial charge in [0.25, 0.3) is 0 Å². The summed E-state index contributed by atoms with van der Waals surface area (Å²) in [5.41, 5.74) is -0.427. The van der Waals surface area contributed by atoms with Crippen LogP contribution in [-0.2, 0) is 12.7 Å². The van der Waals surface area contributed by atoms with Crippen LogP contribution in [0.1, 0.15) is 17.0 Å². The first kappa shape index (κ1) is 22.2. The number of hydrogen-bond acceptors (Lipinski definition) is 7. The molecule has 2 heterocycles. The van der Waals surface area contributed by atoms with Crippen molar-refractivity contribution in [1.29, 1.82) is 0 Å². The van der Waals surface area contributed by atoms with Crippen LogP contribution in [0.4, 0.5) is 43.8 Å². The highest BCUT2D eigenvalue weighted by Gasteiger charge is 2.31. The summed E-state index contributed by atoms with van der Waals surface area (Å²) in [7, 11) is 0. The van der Waals surface area contributed by atoms with Gasteiger partial charge in [-0.2, -0.15) is 36.3 Å². The molecule has 13 heteroatoms. The first-order chi connectivity index (χ1) is 14.5. The van der Waals surface area contributed by atoms with Crippen LogP contribution in [0.5, 0.6) is 5.88 Å². The number of ether oxygens (including phenoxy) is 1. The quantitative estimate of drug-likeness (QED) is 0.488. The second-order valence-electron chi connectivity index (χ2n) is 6.30. The van der Waals surface area contributed by atoms with Crippen molar-refractivity contribution in [3.05, 3.63) is 53.4 Å². The summed E-state index contributed by atoms with van der Waals surface area (Å²) in [6.45, 7) is 0.201. The molecule has 0 amide bonds. The molecule has 0 aliphatic heterocycles. The molecule has 0 aliphatic rings. The van der Waals surface area contributed by atoms with Gasteiger partial charge in [-0.25, -0.2) is 0 Å². The van der Waals surface area contributed by atoms with Crippen molar-refractivity contribution >= 4 is 17.5 Å². The number of nitrogens with one attached hydrogen (secondary N) is 2. The van der Waals surface area contributed by atoms with Crippen molar-refractivity contribution in [2.24, 2.45) is 0 Å². The van der Waals surface area contributed by atoms with Gasteiger partial charge in [0.15, 0.2) is 6.61 Å². The lowest BCUT2D eigenvalue weighted by atomic mass is 10.2. The summed E-state index contributed by atoms with van der Waals surface area (Å²) in [5, 5.41) is 9.12. The highest BCUT2D eigenvalue weighted by atomic mass is 19.4. The van der Waals surface area contributed by atoms with E-state index < -0.39 is 30.4 Å². The molecule has 1 aromatic carbocycles. The van der Waals surface area contributed by atoms with Crippen LogP contribution in [-0.4, -0.2) is 27.9 Å². The van der Waals surface area contributed by atoms with Gasteiger partial charge in [0, 0.05) is 17.8 Å². The zero-order chi connectivity index (χ0) is 22.6. The number of aromatic nitrogens is 3. The van der Waals surface area contributed by atoms with Crippen molar-refractivity contribution in [1.82, 2.24) is 15.1 Å². The zero-order valence-corrected chi connectivity index (χ0v) is 15.8. The van der Waals surface area contributed by atoms with Gasteiger partial charge in [-0.05, 0) is 25.1 Å². The third kappa shape index (κ3) is 6.76. The summed E-state index contributed by atoms with van der Waals surface area (Å²) in [6, 6.07) is 6.95. The lowest BCUT2D eigenvalue weighted by Crippen LogP contribution is -2.20. The lowest BCUT2D eigenvalue weighted by molar-refractivity contribution is -0.154. The number of hydrogen-bond donors (Lipinski definition) is 2. The molecule has 3 aromatic rings. The van der Waals surface area contributed by atoms with E-state index in [4.69, 9.17) is 4.52 Å². The normalized spacial score (nSPS) is 12.0. The minimum absolute atomic E-state index is 0.0131. The molecular weight excluding hydrogens is 432 g/mol. The highest BCUT2D eigenvalue weighted by molar-refractivity contribution is 5.57. The van der Waals surface area contributed by atoms with Crippen LogP contribution in [0.25, 0.3) is 0 Å². The van der Waals surface area contributed by atoms with E-state index in [9.17, 15) is 26.3 Å². The number of nitrogens with zero attached hydrogens (tertiary/aromatic N) is 3. The molecule has 166 valence electrons. The molecule has 0 saturated heterocycles. The number of benzene rings is 1. The molecule has 0 spiro atoms. The molecule has 3 rings (SSSR count). The van der Waals surface area contributed by atoms with Crippen LogP contribution in [0.3, 0.4) is 0 Å². The van der Waals surface area contributed by atoms with Gasteiger partial charge in [-0.3, -0.25) is 0 Å². The molecule has 31 heavy (non-hydrogen) atoms. The summed E-state index contributed by atoms with van der Waals surface area (Å²) in [4.78, 5) is 7.84. The fourth-order valence-corrected chi connectivity index (χ4v) is 2.39. The SMILES string of the molecule is Cc1cc(CNc2cc(OCC(F)(F)F)nc(Nc3cccc(C(F)(F)F)c3)n2)no1. The first-order valence-electron chi connectivity index (χ1n) is 8.67. The minimum Gasteiger partial charge on any atom is -0.468 e. The molecule has 0 atom stereocenters. The number of aryl methyl sites for hydroxylation is 1. The summed E-state index contributed by atoms with van der Waals surface area (Å²) < 4.78 is 85.8. The molecule has 0 bridgehead atoms. The van der Waals surface area contributed by atoms with Gasteiger partial charge in [-0.15, -0.1) is 0 Å². The summed E-state index contributed by atoms with van der Waals surface area (Å²) >= 11 is 0. The molecule has 0 radical (unpaired) electrons. The Morgan fingerprint density at radius 1 is 1.03 bits per heavy atom. The summed E-state index contributed by atoms with van der Waals surface area (Å²) in [6.07, 6.45) is -9.18. The predicted molar refractivity (Wildman–Crippen MR) is 96.9 cm³/mol. The smallest absolute Gasteiger partial charge is 0.422 e. The number of anilines is 3. The van der Waals surface area contributed by atoms with E-state index in [2.05, 4.69) is 30.5 Å². The van der Waals surface area contributed by atoms with Crippen molar-refractivity contribution in [2.45, 2.75) is 25.8 Å². The molecule has 2 N–H and O–H groups in total. The van der Waals surface area contributed by atoms with Crippen molar-refractivity contribution < 1.29 is 35.6 Å². The second kappa shape index (κ2) is 8.70. The van der Waals surface area contributed by atoms with Gasteiger partial charge in [0.05, 0.1) is 12.1 Å². The maximum Gasteiger partial charge on any atom is 0.422 e. The Morgan fingerprint density at radius 2 is 1.81 bits per heavy atom. The topological polar surface area (TPSA) is 85.1 Å². The van der Waals surface area contributed by atoms with E-state index in [0.29, 0.717) is 11.5 Å². The van der Waals surface area contributed by atoms with Crippen molar-refractivity contribution in [3.8, 4) is 5.88 Å². The van der Waals surface area contributed by atoms with Crippen molar-refractivity contribution in [3.63, 3.8) is 0 Å². The van der Waals surface area contributed by atoms with Gasteiger partial charge >= 0.3 is 12.4 Å². The Kier molecular flexibility index (Phi) is 6.22.